The van der Waals surface area contributed by atoms with Crippen molar-refractivity contribution < 1.29 is 9.90 Å². The number of nitrogens with zero attached hydrogens (tertiary/aromatic N) is 2. The summed E-state index contributed by atoms with van der Waals surface area (Å²) in [6.45, 7) is 6.04. The Labute approximate surface area is 109 Å². The Hall–Kier alpha value is -0.650. The maximum Gasteiger partial charge on any atom is 0.324 e. The monoisotopic (exact) mass is 255 g/mol. The third kappa shape index (κ3) is 3.22. The highest BCUT2D eigenvalue weighted by molar-refractivity contribution is 5.78. The van der Waals surface area contributed by atoms with Gasteiger partial charge in [-0.3, -0.25) is 14.6 Å². The van der Waals surface area contributed by atoms with Crippen molar-refractivity contribution in [1.29, 1.82) is 0 Å². The van der Waals surface area contributed by atoms with Crippen molar-refractivity contribution in [2.24, 2.45) is 5.73 Å². The lowest BCUT2D eigenvalue weighted by molar-refractivity contribution is -0.143. The third-order valence-corrected chi connectivity index (χ3v) is 4.29. The maximum atomic E-state index is 11.0. The van der Waals surface area contributed by atoms with E-state index >= 15 is 0 Å². The Balaban J connectivity index is 1.78. The van der Waals surface area contributed by atoms with E-state index in [0.717, 1.165) is 32.2 Å². The highest BCUT2D eigenvalue weighted by atomic mass is 16.4. The number of hydrogen-bond acceptors (Lipinski definition) is 4. The first-order valence-electron chi connectivity index (χ1n) is 6.98. The lowest BCUT2D eigenvalue weighted by Crippen LogP contribution is -2.58. The first kappa shape index (κ1) is 13.8. The van der Waals surface area contributed by atoms with E-state index in [1.54, 1.807) is 6.92 Å². The Morgan fingerprint density at radius 1 is 1.28 bits per heavy atom. The van der Waals surface area contributed by atoms with Gasteiger partial charge in [-0.1, -0.05) is 12.8 Å². The van der Waals surface area contributed by atoms with E-state index in [4.69, 9.17) is 10.8 Å². The molecule has 5 heteroatoms. The van der Waals surface area contributed by atoms with Gasteiger partial charge in [-0.25, -0.2) is 0 Å². The van der Waals surface area contributed by atoms with Gasteiger partial charge in [-0.05, 0) is 19.8 Å². The van der Waals surface area contributed by atoms with Crippen LogP contribution < -0.4 is 5.73 Å². The Bertz CT molecular complexity index is 293. The number of carboxylic acids is 1. The van der Waals surface area contributed by atoms with E-state index < -0.39 is 11.5 Å². The molecule has 1 aliphatic heterocycles. The second kappa shape index (κ2) is 5.55. The molecule has 0 aromatic carbocycles. The molecule has 0 amide bonds. The molecule has 1 unspecified atom stereocenters. The fourth-order valence-corrected chi connectivity index (χ4v) is 3.09. The van der Waals surface area contributed by atoms with Crippen LogP contribution in [0.1, 0.15) is 32.6 Å². The average Bonchev–Trinajstić information content (AvgIpc) is 2.83. The summed E-state index contributed by atoms with van der Waals surface area (Å²) in [5.74, 6) is -0.916. The van der Waals surface area contributed by atoms with Gasteiger partial charge in [0, 0.05) is 38.8 Å². The second-order valence-electron chi connectivity index (χ2n) is 5.97. The summed E-state index contributed by atoms with van der Waals surface area (Å²) in [4.78, 5) is 15.8. The molecule has 1 heterocycles. The van der Waals surface area contributed by atoms with E-state index in [2.05, 4.69) is 9.80 Å². The quantitative estimate of drug-likeness (QED) is 0.758. The Morgan fingerprint density at radius 2 is 1.83 bits per heavy atom. The predicted octanol–water partition coefficient (Wildman–Crippen LogP) is 0.349. The molecule has 2 rings (SSSR count). The van der Waals surface area contributed by atoms with Crippen molar-refractivity contribution in [2.75, 3.05) is 32.7 Å². The average molecular weight is 255 g/mol. The van der Waals surface area contributed by atoms with Crippen LogP contribution in [0.2, 0.25) is 0 Å². The standard InChI is InChI=1S/C13H25N3O2/c1-13(14,12(17)18)10-15-6-8-16(9-7-15)11-4-2-3-5-11/h11H,2-10,14H2,1H3,(H,17,18). The van der Waals surface area contributed by atoms with Gasteiger partial charge in [-0.2, -0.15) is 0 Å². The van der Waals surface area contributed by atoms with Gasteiger partial charge in [0.25, 0.3) is 0 Å². The minimum absolute atomic E-state index is 0.445. The van der Waals surface area contributed by atoms with Crippen LogP contribution in [0, 0.1) is 0 Å². The van der Waals surface area contributed by atoms with Crippen LogP contribution in [0.4, 0.5) is 0 Å². The molecular formula is C13H25N3O2. The van der Waals surface area contributed by atoms with Gasteiger partial charge >= 0.3 is 5.97 Å². The number of piperazine rings is 1. The van der Waals surface area contributed by atoms with E-state index in [0.29, 0.717) is 6.54 Å². The normalized spacial score (nSPS) is 27.2. The minimum Gasteiger partial charge on any atom is -0.480 e. The van der Waals surface area contributed by atoms with Crippen molar-refractivity contribution in [3.05, 3.63) is 0 Å². The topological polar surface area (TPSA) is 69.8 Å². The largest absolute Gasteiger partial charge is 0.480 e. The van der Waals surface area contributed by atoms with E-state index in [1.165, 1.54) is 25.7 Å². The molecule has 0 spiro atoms. The molecule has 1 aliphatic carbocycles. The molecule has 3 N–H and O–H groups in total. The van der Waals surface area contributed by atoms with E-state index in [-0.39, 0.29) is 0 Å². The number of aliphatic carboxylic acids is 1. The van der Waals surface area contributed by atoms with Gasteiger partial charge in [0.05, 0.1) is 0 Å². The van der Waals surface area contributed by atoms with Crippen molar-refractivity contribution >= 4 is 5.97 Å². The van der Waals surface area contributed by atoms with Gasteiger partial charge in [-0.15, -0.1) is 0 Å². The number of carbonyl (C=O) groups is 1. The summed E-state index contributed by atoms with van der Waals surface area (Å²) in [5, 5.41) is 9.03. The molecule has 1 atom stereocenters. The smallest absolute Gasteiger partial charge is 0.324 e. The van der Waals surface area contributed by atoms with Crippen LogP contribution in [-0.4, -0.2) is 65.2 Å². The Kier molecular flexibility index (Phi) is 4.25. The van der Waals surface area contributed by atoms with Gasteiger partial charge in [0.2, 0.25) is 0 Å². The molecule has 5 nitrogen and oxygen atoms in total. The van der Waals surface area contributed by atoms with Crippen LogP contribution in [0.25, 0.3) is 0 Å². The number of hydrogen-bond donors (Lipinski definition) is 2. The molecule has 104 valence electrons. The first-order chi connectivity index (χ1) is 8.49. The summed E-state index contributed by atoms with van der Waals surface area (Å²) in [7, 11) is 0. The van der Waals surface area contributed by atoms with Gasteiger partial charge in [0.1, 0.15) is 5.54 Å². The van der Waals surface area contributed by atoms with Crippen LogP contribution >= 0.6 is 0 Å². The zero-order valence-electron chi connectivity index (χ0n) is 11.3. The van der Waals surface area contributed by atoms with Gasteiger partial charge in [0.15, 0.2) is 0 Å². The second-order valence-corrected chi connectivity index (χ2v) is 5.97. The summed E-state index contributed by atoms with van der Waals surface area (Å²) >= 11 is 0. The summed E-state index contributed by atoms with van der Waals surface area (Å²) < 4.78 is 0. The summed E-state index contributed by atoms with van der Waals surface area (Å²) in [6, 6.07) is 0.774. The third-order valence-electron chi connectivity index (χ3n) is 4.29. The zero-order chi connectivity index (χ0) is 13.2. The molecule has 18 heavy (non-hydrogen) atoms. The molecule has 2 aliphatic rings. The maximum absolute atomic E-state index is 11.0. The Morgan fingerprint density at radius 3 is 2.33 bits per heavy atom. The van der Waals surface area contributed by atoms with Crippen molar-refractivity contribution in [2.45, 2.75) is 44.2 Å². The fourth-order valence-electron chi connectivity index (χ4n) is 3.09. The minimum atomic E-state index is -1.13. The first-order valence-corrected chi connectivity index (χ1v) is 6.98. The molecule has 1 saturated heterocycles. The SMILES string of the molecule is CC(N)(CN1CCN(C2CCCC2)CC1)C(=O)O. The van der Waals surface area contributed by atoms with Crippen LogP contribution in [0.5, 0.6) is 0 Å². The molecule has 2 fully saturated rings. The molecule has 0 aromatic rings. The highest BCUT2D eigenvalue weighted by Gasteiger charge is 2.33. The number of nitrogens with two attached hydrogens (primary N) is 1. The lowest BCUT2D eigenvalue weighted by Gasteiger charge is -2.40. The van der Waals surface area contributed by atoms with Gasteiger partial charge < -0.3 is 10.8 Å². The predicted molar refractivity (Wildman–Crippen MR) is 70.5 cm³/mol. The molecular weight excluding hydrogens is 230 g/mol. The van der Waals surface area contributed by atoms with Crippen LogP contribution in [0.3, 0.4) is 0 Å². The van der Waals surface area contributed by atoms with Crippen LogP contribution in [0.15, 0.2) is 0 Å². The molecule has 0 aromatic heterocycles. The summed E-state index contributed by atoms with van der Waals surface area (Å²) in [5.41, 5.74) is 4.66. The molecule has 0 radical (unpaired) electrons. The van der Waals surface area contributed by atoms with Crippen molar-refractivity contribution in [1.82, 2.24) is 9.80 Å². The van der Waals surface area contributed by atoms with Crippen molar-refractivity contribution in [3.63, 3.8) is 0 Å². The van der Waals surface area contributed by atoms with Crippen LogP contribution in [-0.2, 0) is 4.79 Å². The lowest BCUT2D eigenvalue weighted by atomic mass is 10.0. The van der Waals surface area contributed by atoms with E-state index in [1.807, 2.05) is 0 Å². The number of carboxylic acid groups (broad SMARTS) is 1. The molecule has 0 bridgehead atoms. The zero-order valence-corrected chi connectivity index (χ0v) is 11.3. The highest BCUT2D eigenvalue weighted by Crippen LogP contribution is 2.24. The fraction of sp³-hybridized carbons (Fsp3) is 0.923. The number of rotatable bonds is 4. The van der Waals surface area contributed by atoms with Crippen molar-refractivity contribution in [3.8, 4) is 0 Å². The van der Waals surface area contributed by atoms with E-state index in [9.17, 15) is 4.79 Å². The molecule has 1 saturated carbocycles. The summed E-state index contributed by atoms with van der Waals surface area (Å²) in [6.07, 6.45) is 5.41.